The number of benzene rings is 8. The third-order valence-corrected chi connectivity index (χ3v) is 14.6. The standard InChI is InChI=1S/C18H16N6O6.C18H16N2O6.C18H18O8.C16H20N2O4/c1-27-13-7-9(17(25)21-23-19)5-11(15(13)29-3)12-6-10(18(26)22-24-20)8-14(28-2)16(12)30-4;1-23-15-7-11(19-9-21)5-13(17(15)25-3)14-6-12(20-10-22)8-16(24-2)18(14)26-4;1-23-13-7-9(17(19)20)5-11(15(13)25-3)12-6-10(18(21)22)8-14(24-2)16(12)26-4;1-19-13-7-9(17)5-11(15(13)21-3)12-6-10(18)8-14(20-2)16(12)22-4/h5-8H,1-4H3;5-8H,1-4H3;5-8H,1-4H3,(H,19,20)(H,21,22);5-8H,17-18H2,1-4H3. The molecule has 0 aromatic heterocycles. The minimum Gasteiger partial charge on any atom is -0.493 e. The van der Waals surface area contributed by atoms with Gasteiger partial charge in [0.2, 0.25) is 24.0 Å². The lowest BCUT2D eigenvalue weighted by Gasteiger charge is -2.18. The highest BCUT2D eigenvalue weighted by Gasteiger charge is 2.28. The second-order valence-corrected chi connectivity index (χ2v) is 20.1. The van der Waals surface area contributed by atoms with Gasteiger partial charge in [0.05, 0.1) is 136 Å². The molecular formula is C70H70N10O24. The van der Waals surface area contributed by atoms with Crippen LogP contribution in [0, 0.1) is 0 Å². The molecule has 0 saturated heterocycles. The van der Waals surface area contributed by atoms with Gasteiger partial charge >= 0.3 is 11.9 Å². The summed E-state index contributed by atoms with van der Waals surface area (Å²) < 4.78 is 85.8. The van der Waals surface area contributed by atoms with E-state index in [0.29, 0.717) is 102 Å². The number of anilines is 2. The monoisotopic (exact) mass is 1430 g/mol. The highest BCUT2D eigenvalue weighted by Crippen LogP contribution is 2.52. The Hall–Kier alpha value is -14.2. The summed E-state index contributed by atoms with van der Waals surface area (Å²) >= 11 is 0. The van der Waals surface area contributed by atoms with Crippen LogP contribution in [0.5, 0.6) is 92.0 Å². The third kappa shape index (κ3) is 18.4. The Kier molecular flexibility index (Phi) is 29.6. The molecule has 8 aromatic carbocycles. The van der Waals surface area contributed by atoms with Gasteiger partial charge in [-0.1, -0.05) is 0 Å². The van der Waals surface area contributed by atoms with Crippen LogP contribution in [0.4, 0.5) is 22.7 Å². The van der Waals surface area contributed by atoms with Gasteiger partial charge < -0.3 is 97.5 Å². The summed E-state index contributed by atoms with van der Waals surface area (Å²) in [6.07, 6.45) is 2.97. The van der Waals surface area contributed by atoms with Crippen molar-refractivity contribution >= 4 is 58.7 Å². The van der Waals surface area contributed by atoms with Crippen LogP contribution in [0.15, 0.2) is 117 Å². The molecule has 6 N–H and O–H groups in total. The number of azide groups is 2. The summed E-state index contributed by atoms with van der Waals surface area (Å²) in [5, 5.41) is 24.9. The fraction of sp³-hybridized carbons (Fsp3) is 0.229. The molecule has 0 heterocycles. The second-order valence-electron chi connectivity index (χ2n) is 20.1. The lowest BCUT2D eigenvalue weighted by Crippen LogP contribution is -2.04. The Morgan fingerprint density at radius 3 is 0.721 bits per heavy atom. The highest BCUT2D eigenvalue weighted by molar-refractivity contribution is 6.01. The first kappa shape index (κ1) is 80.5. The maximum absolute atomic E-state index is 12.2. The van der Waals surface area contributed by atoms with E-state index in [0.717, 1.165) is 0 Å². The molecule has 8 rings (SSSR count). The second kappa shape index (κ2) is 38.3. The molecule has 0 saturated carbocycles. The Balaban J connectivity index is 0.000000251. The highest BCUT2D eigenvalue weighted by atomic mass is 16.5. The van der Waals surface area contributed by atoms with Gasteiger partial charge in [0.25, 0.3) is 0 Å². The number of carboxylic acids is 2. The third-order valence-electron chi connectivity index (χ3n) is 14.6. The lowest BCUT2D eigenvalue weighted by atomic mass is 9.97. The van der Waals surface area contributed by atoms with Gasteiger partial charge in [0, 0.05) is 101 Å². The first-order valence-electron chi connectivity index (χ1n) is 29.4. The number of ether oxygens (including phenoxy) is 16. The number of methoxy groups -OCH3 is 16. The molecular weight excluding hydrogens is 1360 g/mol. The number of nitrogens with zero attached hydrogens (tertiary/aromatic N) is 8. The fourth-order valence-corrected chi connectivity index (χ4v) is 10.3. The number of rotatable bonds is 26. The quantitative estimate of drug-likeness (QED) is 0.00976. The Morgan fingerprint density at radius 2 is 0.510 bits per heavy atom. The summed E-state index contributed by atoms with van der Waals surface area (Å²) in [4.78, 5) is 80.8. The molecule has 2 amide bonds. The molecule has 0 aliphatic rings. The first-order chi connectivity index (χ1) is 50.0. The molecule has 0 bridgehead atoms. The van der Waals surface area contributed by atoms with Crippen molar-refractivity contribution in [3.05, 3.63) is 140 Å². The number of hydrogen-bond acceptors (Lipinski definition) is 26. The van der Waals surface area contributed by atoms with Crippen molar-refractivity contribution in [1.29, 1.82) is 0 Å². The van der Waals surface area contributed by atoms with Crippen LogP contribution in [0.2, 0.25) is 0 Å². The number of carboxylic acid groups (broad SMARTS) is 2. The number of carbonyl (C=O) groups excluding carboxylic acids is 4. The van der Waals surface area contributed by atoms with E-state index in [4.69, 9.17) is 98.3 Å². The van der Waals surface area contributed by atoms with E-state index in [1.54, 1.807) is 64.8 Å². The van der Waals surface area contributed by atoms with Crippen molar-refractivity contribution < 1.29 is 115 Å². The maximum atomic E-state index is 12.2. The van der Waals surface area contributed by atoms with Crippen molar-refractivity contribution in [3.8, 4) is 136 Å². The van der Waals surface area contributed by atoms with Crippen molar-refractivity contribution in [2.24, 2.45) is 20.2 Å². The molecule has 0 spiro atoms. The average molecular weight is 1440 g/mol. The number of carbonyl (C=O) groups is 4. The minimum absolute atomic E-state index is 0.00763. The Morgan fingerprint density at radius 1 is 0.308 bits per heavy atom. The summed E-state index contributed by atoms with van der Waals surface area (Å²) in [6, 6.07) is 24.0. The van der Waals surface area contributed by atoms with E-state index in [1.165, 1.54) is 158 Å². The number of hydrogen-bond donors (Lipinski definition) is 4. The number of amides is 2. The van der Waals surface area contributed by atoms with Gasteiger partial charge in [0.15, 0.2) is 92.0 Å². The van der Waals surface area contributed by atoms with Crippen LogP contribution in [0.25, 0.3) is 65.4 Å². The number of nitrogens with two attached hydrogens (primary N) is 2. The van der Waals surface area contributed by atoms with E-state index in [9.17, 15) is 39.0 Å². The maximum Gasteiger partial charge on any atom is 0.335 e. The largest absolute Gasteiger partial charge is 0.493 e. The van der Waals surface area contributed by atoms with Crippen LogP contribution in [0.1, 0.15) is 41.4 Å². The summed E-state index contributed by atoms with van der Waals surface area (Å²) in [5.41, 5.74) is 34.2. The van der Waals surface area contributed by atoms with Crippen molar-refractivity contribution in [2.75, 3.05) is 125 Å². The minimum atomic E-state index is -1.17. The summed E-state index contributed by atoms with van der Waals surface area (Å²) in [6.45, 7) is 0. The normalized spacial score (nSPS) is 9.85. The van der Waals surface area contributed by atoms with Crippen molar-refractivity contribution in [1.82, 2.24) is 0 Å². The van der Waals surface area contributed by atoms with E-state index in [2.05, 4.69) is 30.0 Å². The number of aliphatic imine (C=N–C) groups is 2. The van der Waals surface area contributed by atoms with E-state index >= 15 is 0 Å². The fourth-order valence-electron chi connectivity index (χ4n) is 10.3. The van der Waals surface area contributed by atoms with Gasteiger partial charge in [0.1, 0.15) is 0 Å². The molecule has 34 heteroatoms. The number of isocyanates is 2. The average Bonchev–Trinajstić information content (AvgIpc) is 0.781. The van der Waals surface area contributed by atoms with Gasteiger partial charge in [-0.05, 0) is 94.1 Å². The zero-order valence-electron chi connectivity index (χ0n) is 58.8. The topological polar surface area (TPSA) is 465 Å². The molecule has 0 aliphatic carbocycles. The Bertz CT molecular complexity index is 4320. The van der Waals surface area contributed by atoms with Crippen molar-refractivity contribution in [2.45, 2.75) is 0 Å². The zero-order chi connectivity index (χ0) is 77.1. The summed E-state index contributed by atoms with van der Waals surface area (Å²) in [7, 11) is 23.1. The van der Waals surface area contributed by atoms with E-state index in [1.807, 2.05) is 0 Å². The van der Waals surface area contributed by atoms with Crippen LogP contribution in [-0.2, 0) is 9.59 Å². The predicted octanol–water partition coefficient (Wildman–Crippen LogP) is 12.9. The summed E-state index contributed by atoms with van der Waals surface area (Å²) in [5.74, 6) is 1.15. The van der Waals surface area contributed by atoms with Crippen LogP contribution < -0.4 is 87.3 Å². The SMILES string of the molecule is COc1cc(C(=O)N=[N+]=[N-])cc(-c2cc(C(=O)N=[N+]=[N-])cc(OC)c2OC)c1OC.COc1cc(C(=O)O)cc(-c2cc(C(=O)O)cc(OC)c2OC)c1OC.COc1cc(N)cc(-c2cc(N)cc(OC)c2OC)c1OC.COc1cc(N=C=O)cc(-c2cc(N=C=O)cc(OC)c2OC)c1OC. The van der Waals surface area contributed by atoms with Gasteiger partial charge in [-0.2, -0.15) is 9.98 Å². The van der Waals surface area contributed by atoms with Crippen LogP contribution >= 0.6 is 0 Å². The van der Waals surface area contributed by atoms with Crippen molar-refractivity contribution in [3.63, 3.8) is 0 Å². The molecule has 34 nitrogen and oxygen atoms in total. The van der Waals surface area contributed by atoms with Gasteiger partial charge in [-0.3, -0.25) is 9.59 Å². The van der Waals surface area contributed by atoms with Crippen LogP contribution in [-0.4, -0.2) is 160 Å². The number of aromatic carboxylic acids is 2. The molecule has 0 unspecified atom stereocenters. The zero-order valence-corrected chi connectivity index (χ0v) is 58.8. The number of nitrogen functional groups attached to an aromatic ring is 2. The molecule has 0 radical (unpaired) electrons. The van der Waals surface area contributed by atoms with E-state index < -0.39 is 23.8 Å². The molecule has 8 aromatic rings. The predicted molar refractivity (Wildman–Crippen MR) is 378 cm³/mol. The lowest BCUT2D eigenvalue weighted by molar-refractivity contribution is 0.0685. The van der Waals surface area contributed by atoms with Gasteiger partial charge in [-0.15, -0.1) is 0 Å². The first-order valence-corrected chi connectivity index (χ1v) is 29.4. The molecule has 0 atom stereocenters. The van der Waals surface area contributed by atoms with Crippen LogP contribution in [0.3, 0.4) is 0 Å². The molecule has 0 aliphatic heterocycles. The van der Waals surface area contributed by atoms with E-state index in [-0.39, 0.29) is 79.4 Å². The Labute approximate surface area is 593 Å². The van der Waals surface area contributed by atoms with Gasteiger partial charge in [-0.25, -0.2) is 19.2 Å². The smallest absolute Gasteiger partial charge is 0.335 e. The molecule has 104 heavy (non-hydrogen) atoms. The molecule has 544 valence electrons. The molecule has 0 fully saturated rings.